The summed E-state index contributed by atoms with van der Waals surface area (Å²) in [5, 5.41) is 11.1. The molecule has 0 aliphatic carbocycles. The first-order valence-electron chi connectivity index (χ1n) is 7.15. The molecule has 0 saturated carbocycles. The molecule has 3 aromatic rings. The van der Waals surface area contributed by atoms with Crippen LogP contribution in [0.4, 0.5) is 17.6 Å². The first-order valence-corrected chi connectivity index (χ1v) is 7.15. The van der Waals surface area contributed by atoms with Crippen LogP contribution in [0.5, 0.6) is 0 Å². The van der Waals surface area contributed by atoms with Crippen LogP contribution in [0.1, 0.15) is 13.8 Å². The summed E-state index contributed by atoms with van der Waals surface area (Å²) in [7, 11) is 0. The van der Waals surface area contributed by atoms with Crippen molar-refractivity contribution >= 4 is 28.5 Å². The van der Waals surface area contributed by atoms with Gasteiger partial charge < -0.3 is 16.8 Å². The topological polar surface area (TPSA) is 119 Å². The fourth-order valence-electron chi connectivity index (χ4n) is 2.21. The van der Waals surface area contributed by atoms with Gasteiger partial charge in [0.05, 0.1) is 11.2 Å². The lowest BCUT2D eigenvalue weighted by Gasteiger charge is -2.10. The predicted octanol–water partition coefficient (Wildman–Crippen LogP) is 2.25. The summed E-state index contributed by atoms with van der Waals surface area (Å²) >= 11 is 0. The van der Waals surface area contributed by atoms with Gasteiger partial charge in [0.1, 0.15) is 5.82 Å². The SMILES string of the molecule is CC(C)CNc1cc(-c2ccc3c(N)n[nH]c3c2)nc(N)n1. The second kappa shape index (κ2) is 5.51. The predicted molar refractivity (Wildman–Crippen MR) is 89.3 cm³/mol. The number of hydrogen-bond donors (Lipinski definition) is 4. The van der Waals surface area contributed by atoms with Gasteiger partial charge in [-0.2, -0.15) is 10.1 Å². The number of nitrogens with two attached hydrogens (primary N) is 2. The largest absolute Gasteiger partial charge is 0.382 e. The van der Waals surface area contributed by atoms with Crippen molar-refractivity contribution in [1.82, 2.24) is 20.2 Å². The van der Waals surface area contributed by atoms with Gasteiger partial charge in [0, 0.05) is 23.6 Å². The molecular weight excluding hydrogens is 278 g/mol. The first-order chi connectivity index (χ1) is 10.5. The number of rotatable bonds is 4. The summed E-state index contributed by atoms with van der Waals surface area (Å²) in [5.41, 5.74) is 14.2. The first kappa shape index (κ1) is 14.1. The molecule has 0 spiro atoms. The molecule has 0 aliphatic rings. The van der Waals surface area contributed by atoms with Crippen LogP contribution in [0.3, 0.4) is 0 Å². The van der Waals surface area contributed by atoms with E-state index in [2.05, 4.69) is 39.3 Å². The zero-order chi connectivity index (χ0) is 15.7. The number of benzene rings is 1. The van der Waals surface area contributed by atoms with Crippen LogP contribution in [-0.2, 0) is 0 Å². The quantitative estimate of drug-likeness (QED) is 0.586. The summed E-state index contributed by atoms with van der Waals surface area (Å²) in [6, 6.07) is 7.71. The standard InChI is InChI=1S/C15H19N7/c1-8(2)7-18-13-6-11(19-15(17)20-13)9-3-4-10-12(5-9)21-22-14(10)16/h3-6,8H,7H2,1-2H3,(H3,16,21,22)(H3,17,18,19,20). The highest BCUT2D eigenvalue weighted by atomic mass is 15.1. The van der Waals surface area contributed by atoms with Gasteiger partial charge in [0.25, 0.3) is 0 Å². The molecule has 0 fully saturated rings. The van der Waals surface area contributed by atoms with Crippen molar-refractivity contribution in [2.24, 2.45) is 5.92 Å². The second-order valence-electron chi connectivity index (χ2n) is 5.64. The van der Waals surface area contributed by atoms with E-state index in [0.717, 1.165) is 34.5 Å². The lowest BCUT2D eigenvalue weighted by molar-refractivity contribution is 0.687. The molecule has 0 aliphatic heterocycles. The molecule has 6 N–H and O–H groups in total. The molecule has 0 atom stereocenters. The molecule has 1 aromatic carbocycles. The Bertz CT molecular complexity index is 807. The normalized spacial score (nSPS) is 11.2. The van der Waals surface area contributed by atoms with Crippen molar-refractivity contribution < 1.29 is 0 Å². The van der Waals surface area contributed by atoms with Gasteiger partial charge in [-0.25, -0.2) is 4.98 Å². The van der Waals surface area contributed by atoms with Crippen molar-refractivity contribution in [1.29, 1.82) is 0 Å². The zero-order valence-corrected chi connectivity index (χ0v) is 12.6. The van der Waals surface area contributed by atoms with Crippen molar-refractivity contribution in [3.63, 3.8) is 0 Å². The number of nitrogen functional groups attached to an aromatic ring is 2. The Kier molecular flexibility index (Phi) is 3.54. The number of H-pyrrole nitrogens is 1. The van der Waals surface area contributed by atoms with E-state index in [4.69, 9.17) is 11.5 Å². The lowest BCUT2D eigenvalue weighted by Crippen LogP contribution is -2.10. The number of hydrogen-bond acceptors (Lipinski definition) is 6. The molecule has 22 heavy (non-hydrogen) atoms. The molecule has 2 heterocycles. The molecule has 0 saturated heterocycles. The number of fused-ring (bicyclic) bond motifs is 1. The van der Waals surface area contributed by atoms with Gasteiger partial charge in [0.15, 0.2) is 5.82 Å². The zero-order valence-electron chi connectivity index (χ0n) is 12.6. The van der Waals surface area contributed by atoms with Crippen LogP contribution in [0, 0.1) is 5.92 Å². The van der Waals surface area contributed by atoms with E-state index in [9.17, 15) is 0 Å². The van der Waals surface area contributed by atoms with Gasteiger partial charge in [-0.05, 0) is 18.1 Å². The lowest BCUT2D eigenvalue weighted by atomic mass is 10.1. The number of nitrogens with zero attached hydrogens (tertiary/aromatic N) is 3. The third kappa shape index (κ3) is 2.78. The monoisotopic (exact) mass is 297 g/mol. The Morgan fingerprint density at radius 1 is 1.18 bits per heavy atom. The number of aromatic nitrogens is 4. The molecule has 0 unspecified atom stereocenters. The number of anilines is 3. The Morgan fingerprint density at radius 3 is 2.77 bits per heavy atom. The average Bonchev–Trinajstić information content (AvgIpc) is 2.85. The Labute approximate surface area is 128 Å². The maximum Gasteiger partial charge on any atom is 0.222 e. The van der Waals surface area contributed by atoms with E-state index >= 15 is 0 Å². The van der Waals surface area contributed by atoms with Crippen molar-refractivity contribution in [2.75, 3.05) is 23.3 Å². The second-order valence-corrected chi connectivity index (χ2v) is 5.64. The van der Waals surface area contributed by atoms with E-state index in [1.807, 2.05) is 24.3 Å². The van der Waals surface area contributed by atoms with Crippen LogP contribution >= 0.6 is 0 Å². The molecule has 0 bridgehead atoms. The molecule has 3 rings (SSSR count). The minimum atomic E-state index is 0.243. The molecular formula is C15H19N7. The minimum Gasteiger partial charge on any atom is -0.382 e. The van der Waals surface area contributed by atoms with Gasteiger partial charge in [-0.3, -0.25) is 5.10 Å². The van der Waals surface area contributed by atoms with Crippen LogP contribution in [0.25, 0.3) is 22.2 Å². The van der Waals surface area contributed by atoms with Gasteiger partial charge in [-0.15, -0.1) is 0 Å². The Balaban J connectivity index is 1.98. The van der Waals surface area contributed by atoms with E-state index in [0.29, 0.717) is 11.7 Å². The Hall–Kier alpha value is -2.83. The molecule has 7 heteroatoms. The van der Waals surface area contributed by atoms with Crippen LogP contribution < -0.4 is 16.8 Å². The Morgan fingerprint density at radius 2 is 2.00 bits per heavy atom. The third-order valence-electron chi connectivity index (χ3n) is 3.32. The maximum atomic E-state index is 5.82. The summed E-state index contributed by atoms with van der Waals surface area (Å²) in [6.45, 7) is 5.09. The highest BCUT2D eigenvalue weighted by Crippen LogP contribution is 2.26. The van der Waals surface area contributed by atoms with Crippen LogP contribution in [-0.4, -0.2) is 26.7 Å². The fourth-order valence-corrected chi connectivity index (χ4v) is 2.21. The molecule has 0 amide bonds. The summed E-state index contributed by atoms with van der Waals surface area (Å²) in [6.07, 6.45) is 0. The van der Waals surface area contributed by atoms with Crippen molar-refractivity contribution in [3.8, 4) is 11.3 Å². The minimum absolute atomic E-state index is 0.243. The van der Waals surface area contributed by atoms with Gasteiger partial charge in [0.2, 0.25) is 5.95 Å². The molecule has 0 radical (unpaired) electrons. The highest BCUT2D eigenvalue weighted by Gasteiger charge is 2.08. The fraction of sp³-hybridized carbons (Fsp3) is 0.267. The summed E-state index contributed by atoms with van der Waals surface area (Å²) < 4.78 is 0. The van der Waals surface area contributed by atoms with Crippen LogP contribution in [0.15, 0.2) is 24.3 Å². The maximum absolute atomic E-state index is 5.82. The average molecular weight is 297 g/mol. The van der Waals surface area contributed by atoms with Gasteiger partial charge in [-0.1, -0.05) is 19.9 Å². The van der Waals surface area contributed by atoms with Crippen molar-refractivity contribution in [2.45, 2.75) is 13.8 Å². The van der Waals surface area contributed by atoms with Gasteiger partial charge >= 0.3 is 0 Å². The van der Waals surface area contributed by atoms with E-state index in [-0.39, 0.29) is 5.95 Å². The summed E-state index contributed by atoms with van der Waals surface area (Å²) in [5.74, 6) is 1.97. The smallest absolute Gasteiger partial charge is 0.222 e. The number of nitrogens with one attached hydrogen (secondary N) is 2. The van der Waals surface area contributed by atoms with Crippen LogP contribution in [0.2, 0.25) is 0 Å². The molecule has 114 valence electrons. The highest BCUT2D eigenvalue weighted by molar-refractivity contribution is 5.91. The van der Waals surface area contributed by atoms with E-state index in [1.54, 1.807) is 0 Å². The van der Waals surface area contributed by atoms with Crippen molar-refractivity contribution in [3.05, 3.63) is 24.3 Å². The molecule has 7 nitrogen and oxygen atoms in total. The number of aromatic amines is 1. The third-order valence-corrected chi connectivity index (χ3v) is 3.32. The van der Waals surface area contributed by atoms with E-state index < -0.39 is 0 Å². The van der Waals surface area contributed by atoms with E-state index in [1.165, 1.54) is 0 Å². The molecule has 2 aromatic heterocycles. The summed E-state index contributed by atoms with van der Waals surface area (Å²) in [4.78, 5) is 8.52.